The molecule has 2 aromatic heterocycles. The molecule has 0 aliphatic heterocycles. The summed E-state index contributed by atoms with van der Waals surface area (Å²) in [5.41, 5.74) is 6.96. The number of nitrogens with two attached hydrogens (primary N) is 1. The van der Waals surface area contributed by atoms with Crippen molar-refractivity contribution >= 4 is 17.2 Å². The number of primary amides is 1. The van der Waals surface area contributed by atoms with Crippen molar-refractivity contribution in [2.45, 2.75) is 13.8 Å². The predicted octanol–water partition coefficient (Wildman–Crippen LogP) is 2.12. The van der Waals surface area contributed by atoms with Crippen LogP contribution >= 0.6 is 11.3 Å². The molecule has 5 heteroatoms. The van der Waals surface area contributed by atoms with E-state index in [0.717, 1.165) is 21.9 Å². The smallest absolute Gasteiger partial charge is 0.258 e. The molecule has 0 saturated heterocycles. The molecule has 0 radical (unpaired) electrons. The maximum absolute atomic E-state index is 10.9. The topological polar surface area (TPSA) is 69.1 Å². The zero-order valence-electron chi connectivity index (χ0n) is 8.40. The molecular formula is C10H10N2O2S. The van der Waals surface area contributed by atoms with E-state index in [1.807, 2.05) is 19.9 Å². The molecule has 0 spiro atoms. The first-order valence-corrected chi connectivity index (χ1v) is 5.24. The normalized spacial score (nSPS) is 10.5. The summed E-state index contributed by atoms with van der Waals surface area (Å²) in [5, 5.41) is 3.86. The third-order valence-corrected chi connectivity index (χ3v) is 3.25. The lowest BCUT2D eigenvalue weighted by Crippen LogP contribution is -2.07. The van der Waals surface area contributed by atoms with Gasteiger partial charge in [-0.1, -0.05) is 5.16 Å². The van der Waals surface area contributed by atoms with Crippen molar-refractivity contribution in [3.05, 3.63) is 28.5 Å². The van der Waals surface area contributed by atoms with Crippen LogP contribution in [0.2, 0.25) is 0 Å². The number of nitrogens with zero attached hydrogens (tertiary/aromatic N) is 1. The average Bonchev–Trinajstić information content (AvgIpc) is 2.73. The highest BCUT2D eigenvalue weighted by atomic mass is 32.1. The number of carbonyl (C=O) groups is 1. The Morgan fingerprint density at radius 1 is 1.47 bits per heavy atom. The Labute approximate surface area is 90.7 Å². The van der Waals surface area contributed by atoms with Gasteiger partial charge < -0.3 is 10.3 Å². The molecule has 0 fully saturated rings. The molecule has 0 atom stereocenters. The van der Waals surface area contributed by atoms with Gasteiger partial charge in [0.25, 0.3) is 5.91 Å². The van der Waals surface area contributed by atoms with Crippen LogP contribution < -0.4 is 5.73 Å². The summed E-state index contributed by atoms with van der Waals surface area (Å²) in [5.74, 6) is 0.350. The van der Waals surface area contributed by atoms with Crippen LogP contribution in [-0.2, 0) is 0 Å². The van der Waals surface area contributed by atoms with Crippen LogP contribution in [0.1, 0.15) is 21.1 Å². The van der Waals surface area contributed by atoms with Crippen LogP contribution in [0, 0.1) is 13.8 Å². The van der Waals surface area contributed by atoms with Gasteiger partial charge in [0.05, 0.1) is 16.1 Å². The predicted molar refractivity (Wildman–Crippen MR) is 57.8 cm³/mol. The number of thiophene rings is 1. The fourth-order valence-electron chi connectivity index (χ4n) is 1.44. The van der Waals surface area contributed by atoms with E-state index < -0.39 is 5.91 Å². The Kier molecular flexibility index (Phi) is 2.32. The molecule has 4 nitrogen and oxygen atoms in total. The summed E-state index contributed by atoms with van der Waals surface area (Å²) >= 11 is 1.35. The summed E-state index contributed by atoms with van der Waals surface area (Å²) in [7, 11) is 0. The van der Waals surface area contributed by atoms with E-state index in [9.17, 15) is 4.79 Å². The molecule has 0 aromatic carbocycles. The minimum absolute atomic E-state index is 0.405. The largest absolute Gasteiger partial charge is 0.365 e. The van der Waals surface area contributed by atoms with E-state index >= 15 is 0 Å². The minimum Gasteiger partial charge on any atom is -0.365 e. The van der Waals surface area contributed by atoms with Gasteiger partial charge in [0.1, 0.15) is 5.76 Å². The second-order valence-corrected chi connectivity index (χ2v) is 4.31. The first-order chi connectivity index (χ1) is 7.09. The molecule has 2 heterocycles. The molecule has 1 amide bonds. The molecule has 0 bridgehead atoms. The number of rotatable bonds is 2. The van der Waals surface area contributed by atoms with Crippen LogP contribution in [0.3, 0.4) is 0 Å². The number of aryl methyl sites for hydroxylation is 2. The van der Waals surface area contributed by atoms with Crippen molar-refractivity contribution in [1.29, 1.82) is 0 Å². The van der Waals surface area contributed by atoms with E-state index in [4.69, 9.17) is 10.3 Å². The van der Waals surface area contributed by atoms with Crippen molar-refractivity contribution in [2.75, 3.05) is 0 Å². The van der Waals surface area contributed by atoms with Gasteiger partial charge in [0.15, 0.2) is 0 Å². The molecule has 78 valence electrons. The van der Waals surface area contributed by atoms with Crippen molar-refractivity contribution in [3.8, 4) is 10.4 Å². The Morgan fingerprint density at radius 2 is 2.20 bits per heavy atom. The molecule has 2 N–H and O–H groups in total. The van der Waals surface area contributed by atoms with Crippen LogP contribution in [0.4, 0.5) is 0 Å². The summed E-state index contributed by atoms with van der Waals surface area (Å²) in [6.45, 7) is 3.72. The van der Waals surface area contributed by atoms with Crippen molar-refractivity contribution in [2.24, 2.45) is 5.73 Å². The maximum Gasteiger partial charge on any atom is 0.258 e. The van der Waals surface area contributed by atoms with E-state index in [1.54, 1.807) is 6.07 Å². The number of carbonyl (C=O) groups excluding carboxylic acids is 1. The molecule has 15 heavy (non-hydrogen) atoms. The fraction of sp³-hybridized carbons (Fsp3) is 0.200. The van der Waals surface area contributed by atoms with Crippen LogP contribution in [-0.4, -0.2) is 11.1 Å². The van der Waals surface area contributed by atoms with Crippen molar-refractivity contribution < 1.29 is 9.32 Å². The number of hydrogen-bond donors (Lipinski definition) is 1. The first-order valence-electron chi connectivity index (χ1n) is 4.42. The third-order valence-electron chi connectivity index (χ3n) is 2.13. The van der Waals surface area contributed by atoms with Crippen molar-refractivity contribution in [3.63, 3.8) is 0 Å². The fourth-order valence-corrected chi connectivity index (χ4v) is 2.44. The molecular weight excluding hydrogens is 212 g/mol. The SMILES string of the molecule is Cc1noc(C)c1-c1ccc(C(N)=O)s1. The van der Waals surface area contributed by atoms with Crippen LogP contribution in [0.25, 0.3) is 10.4 Å². The van der Waals surface area contributed by atoms with Gasteiger partial charge in [0, 0.05) is 4.88 Å². The second-order valence-electron chi connectivity index (χ2n) is 3.23. The lowest BCUT2D eigenvalue weighted by Gasteiger charge is -1.93. The van der Waals surface area contributed by atoms with E-state index in [2.05, 4.69) is 5.16 Å². The number of hydrogen-bond acceptors (Lipinski definition) is 4. The average molecular weight is 222 g/mol. The van der Waals surface area contributed by atoms with Crippen LogP contribution in [0.15, 0.2) is 16.7 Å². The van der Waals surface area contributed by atoms with E-state index in [1.165, 1.54) is 11.3 Å². The summed E-state index contributed by atoms with van der Waals surface area (Å²) in [4.78, 5) is 12.5. The van der Waals surface area contributed by atoms with Gasteiger partial charge in [0.2, 0.25) is 0 Å². The summed E-state index contributed by atoms with van der Waals surface area (Å²) in [6, 6.07) is 3.57. The molecule has 0 unspecified atom stereocenters. The standard InChI is InChI=1S/C10H10N2O2S/c1-5-9(6(2)14-12-5)7-3-4-8(15-7)10(11)13/h3-4H,1-2H3,(H2,11,13). The molecule has 0 saturated carbocycles. The molecule has 0 aliphatic rings. The number of amides is 1. The van der Waals surface area contributed by atoms with Gasteiger partial charge in [-0.2, -0.15) is 0 Å². The van der Waals surface area contributed by atoms with Gasteiger partial charge in [-0.15, -0.1) is 11.3 Å². The molecule has 0 aliphatic carbocycles. The van der Waals surface area contributed by atoms with E-state index in [-0.39, 0.29) is 0 Å². The minimum atomic E-state index is -0.405. The highest BCUT2D eigenvalue weighted by Gasteiger charge is 2.14. The van der Waals surface area contributed by atoms with Crippen LogP contribution in [0.5, 0.6) is 0 Å². The highest BCUT2D eigenvalue weighted by Crippen LogP contribution is 2.32. The quantitative estimate of drug-likeness (QED) is 0.846. The second kappa shape index (κ2) is 3.51. The zero-order valence-corrected chi connectivity index (χ0v) is 9.22. The number of aromatic nitrogens is 1. The lowest BCUT2D eigenvalue weighted by atomic mass is 10.2. The van der Waals surface area contributed by atoms with E-state index in [0.29, 0.717) is 4.88 Å². The van der Waals surface area contributed by atoms with Gasteiger partial charge in [-0.25, -0.2) is 0 Å². The lowest BCUT2D eigenvalue weighted by molar-refractivity contribution is 0.100. The van der Waals surface area contributed by atoms with Gasteiger partial charge >= 0.3 is 0 Å². The first kappa shape index (κ1) is 9.92. The Hall–Kier alpha value is -1.62. The Morgan fingerprint density at radius 3 is 2.67 bits per heavy atom. The summed E-state index contributed by atoms with van der Waals surface area (Å²) in [6.07, 6.45) is 0. The highest BCUT2D eigenvalue weighted by molar-refractivity contribution is 7.17. The Balaban J connectivity index is 2.50. The van der Waals surface area contributed by atoms with Gasteiger partial charge in [-0.3, -0.25) is 4.79 Å². The molecule has 2 rings (SSSR count). The molecule has 2 aromatic rings. The third kappa shape index (κ3) is 1.66. The maximum atomic E-state index is 10.9. The Bertz CT molecular complexity index is 494. The van der Waals surface area contributed by atoms with Crippen molar-refractivity contribution in [1.82, 2.24) is 5.16 Å². The zero-order chi connectivity index (χ0) is 11.0. The van der Waals surface area contributed by atoms with Gasteiger partial charge in [-0.05, 0) is 26.0 Å². The summed E-state index contributed by atoms with van der Waals surface area (Å²) < 4.78 is 5.06. The monoisotopic (exact) mass is 222 g/mol.